The third kappa shape index (κ3) is 3.30. The number of carbonyl (C=O) groups excluding carboxylic acids is 1. The van der Waals surface area contributed by atoms with Crippen LogP contribution in [0.5, 0.6) is 0 Å². The Morgan fingerprint density at radius 1 is 0.933 bits per heavy atom. The van der Waals surface area contributed by atoms with Gasteiger partial charge in [-0.1, -0.05) is 78.9 Å². The first-order valence-corrected chi connectivity index (χ1v) is 10.2. The number of carbonyl (C=O) groups is 1. The van der Waals surface area contributed by atoms with Crippen LogP contribution in [0, 0.1) is 0 Å². The highest BCUT2D eigenvalue weighted by Gasteiger charge is 2.33. The summed E-state index contributed by atoms with van der Waals surface area (Å²) in [4.78, 5) is 12.5. The number of rotatable bonds is 4. The average Bonchev–Trinajstić information content (AvgIpc) is 3.38. The summed E-state index contributed by atoms with van der Waals surface area (Å²) in [6.07, 6.45) is 2.91. The van der Waals surface area contributed by atoms with Crippen LogP contribution in [-0.2, 0) is 11.3 Å². The van der Waals surface area contributed by atoms with E-state index in [-0.39, 0.29) is 11.9 Å². The van der Waals surface area contributed by atoms with Crippen LogP contribution in [0.25, 0.3) is 10.9 Å². The second-order valence-electron chi connectivity index (χ2n) is 7.71. The van der Waals surface area contributed by atoms with Crippen molar-refractivity contribution in [1.29, 1.82) is 0 Å². The van der Waals surface area contributed by atoms with Crippen molar-refractivity contribution < 1.29 is 4.79 Å². The minimum absolute atomic E-state index is 0.0363. The standard InChI is InChI=1S/C26H23N3O/c1-19(30)29-26(16-24(27-29)21-12-6-3-7-13-21)23-18-28(17-20-10-4-2-5-11-20)25-15-9-8-14-22(23)25/h2-15,18,26H,16-17H2,1H3/t26-/m1/s1. The molecule has 1 aliphatic rings. The molecule has 0 fully saturated rings. The van der Waals surface area contributed by atoms with E-state index in [4.69, 9.17) is 5.10 Å². The van der Waals surface area contributed by atoms with Gasteiger partial charge >= 0.3 is 0 Å². The predicted octanol–water partition coefficient (Wildman–Crippen LogP) is 5.39. The molecule has 4 nitrogen and oxygen atoms in total. The second kappa shape index (κ2) is 7.64. The van der Waals surface area contributed by atoms with Crippen LogP contribution in [-0.4, -0.2) is 21.2 Å². The number of para-hydroxylation sites is 1. The SMILES string of the molecule is CC(=O)N1N=C(c2ccccc2)C[C@@H]1c1cn(Cc2ccccc2)c2ccccc12. The van der Waals surface area contributed by atoms with Crippen molar-refractivity contribution in [2.45, 2.75) is 25.9 Å². The quantitative estimate of drug-likeness (QED) is 0.458. The number of aromatic nitrogens is 1. The maximum Gasteiger partial charge on any atom is 0.240 e. The molecule has 0 N–H and O–H groups in total. The van der Waals surface area contributed by atoms with Gasteiger partial charge in [-0.3, -0.25) is 4.79 Å². The molecule has 0 spiro atoms. The van der Waals surface area contributed by atoms with Crippen LogP contribution in [0.3, 0.4) is 0 Å². The van der Waals surface area contributed by atoms with Crippen molar-refractivity contribution in [2.24, 2.45) is 5.10 Å². The maximum atomic E-state index is 12.5. The van der Waals surface area contributed by atoms with Crippen LogP contribution in [0.1, 0.15) is 36.1 Å². The highest BCUT2D eigenvalue weighted by Crippen LogP contribution is 2.37. The van der Waals surface area contributed by atoms with E-state index in [2.05, 4.69) is 71.4 Å². The van der Waals surface area contributed by atoms with Crippen LogP contribution < -0.4 is 0 Å². The lowest BCUT2D eigenvalue weighted by molar-refractivity contribution is -0.130. The van der Waals surface area contributed by atoms with E-state index in [0.717, 1.165) is 23.4 Å². The van der Waals surface area contributed by atoms with Gasteiger partial charge in [-0.25, -0.2) is 5.01 Å². The van der Waals surface area contributed by atoms with Gasteiger partial charge in [0.2, 0.25) is 5.91 Å². The molecule has 4 heteroatoms. The fourth-order valence-corrected chi connectivity index (χ4v) is 4.30. The lowest BCUT2D eigenvalue weighted by atomic mass is 9.98. The van der Waals surface area contributed by atoms with E-state index in [1.807, 2.05) is 24.3 Å². The second-order valence-corrected chi connectivity index (χ2v) is 7.71. The molecule has 0 unspecified atom stereocenters. The molecule has 0 aliphatic carbocycles. The number of fused-ring (bicyclic) bond motifs is 1. The zero-order valence-corrected chi connectivity index (χ0v) is 16.9. The minimum Gasteiger partial charge on any atom is -0.343 e. The van der Waals surface area contributed by atoms with Crippen molar-refractivity contribution in [2.75, 3.05) is 0 Å². The molecular weight excluding hydrogens is 370 g/mol. The molecular formula is C26H23N3O. The first kappa shape index (κ1) is 18.4. The van der Waals surface area contributed by atoms with Crippen molar-refractivity contribution in [3.8, 4) is 0 Å². The van der Waals surface area contributed by atoms with Crippen LogP contribution in [0.4, 0.5) is 0 Å². The van der Waals surface area contributed by atoms with E-state index in [1.165, 1.54) is 16.5 Å². The third-order valence-electron chi connectivity index (χ3n) is 5.71. The molecule has 0 saturated heterocycles. The van der Waals surface area contributed by atoms with Crippen LogP contribution in [0.15, 0.2) is 96.2 Å². The van der Waals surface area contributed by atoms with Gasteiger partial charge in [0.25, 0.3) is 0 Å². The molecule has 148 valence electrons. The van der Waals surface area contributed by atoms with Crippen molar-refractivity contribution in [1.82, 2.24) is 9.58 Å². The summed E-state index contributed by atoms with van der Waals surface area (Å²) in [5, 5.41) is 7.53. The average molecular weight is 393 g/mol. The predicted molar refractivity (Wildman–Crippen MR) is 120 cm³/mol. The molecule has 5 rings (SSSR count). The van der Waals surface area contributed by atoms with Gasteiger partial charge in [0, 0.05) is 42.6 Å². The molecule has 2 heterocycles. The Labute approximate surface area is 176 Å². The molecule has 0 radical (unpaired) electrons. The molecule has 1 amide bonds. The molecule has 30 heavy (non-hydrogen) atoms. The van der Waals surface area contributed by atoms with Gasteiger partial charge in [0.15, 0.2) is 0 Å². The van der Waals surface area contributed by atoms with Gasteiger partial charge in [-0.15, -0.1) is 0 Å². The summed E-state index contributed by atoms with van der Waals surface area (Å²) in [5.74, 6) is -0.0363. The fraction of sp³-hybridized carbons (Fsp3) is 0.154. The first-order valence-electron chi connectivity index (χ1n) is 10.2. The molecule has 1 atom stereocenters. The van der Waals surface area contributed by atoms with Gasteiger partial charge in [-0.05, 0) is 17.2 Å². The Bertz CT molecular complexity index is 1230. The zero-order chi connectivity index (χ0) is 20.5. The summed E-state index contributed by atoms with van der Waals surface area (Å²) < 4.78 is 2.28. The largest absolute Gasteiger partial charge is 0.343 e. The lowest BCUT2D eigenvalue weighted by Crippen LogP contribution is -2.24. The normalized spacial score (nSPS) is 16.1. The van der Waals surface area contributed by atoms with E-state index in [1.54, 1.807) is 11.9 Å². The Balaban J connectivity index is 1.56. The van der Waals surface area contributed by atoms with E-state index in [9.17, 15) is 4.79 Å². The monoisotopic (exact) mass is 393 g/mol. The third-order valence-corrected chi connectivity index (χ3v) is 5.71. The van der Waals surface area contributed by atoms with Gasteiger partial charge in [-0.2, -0.15) is 5.10 Å². The number of amides is 1. The van der Waals surface area contributed by atoms with Crippen molar-refractivity contribution >= 4 is 22.5 Å². The smallest absolute Gasteiger partial charge is 0.240 e. The molecule has 0 saturated carbocycles. The van der Waals surface area contributed by atoms with Gasteiger partial charge < -0.3 is 4.57 Å². The fourth-order valence-electron chi connectivity index (χ4n) is 4.30. The van der Waals surface area contributed by atoms with Crippen molar-refractivity contribution in [3.63, 3.8) is 0 Å². The zero-order valence-electron chi connectivity index (χ0n) is 16.9. The number of hydrogen-bond acceptors (Lipinski definition) is 2. The number of hydrazone groups is 1. The molecule has 1 aliphatic heterocycles. The van der Waals surface area contributed by atoms with Crippen molar-refractivity contribution in [3.05, 3.63) is 108 Å². The summed E-state index contributed by atoms with van der Waals surface area (Å²) >= 11 is 0. The maximum absolute atomic E-state index is 12.5. The van der Waals surface area contributed by atoms with Crippen LogP contribution in [0.2, 0.25) is 0 Å². The summed E-state index contributed by atoms with van der Waals surface area (Å²) in [5.41, 5.74) is 5.59. The van der Waals surface area contributed by atoms with E-state index >= 15 is 0 Å². The Kier molecular flexibility index (Phi) is 4.68. The lowest BCUT2D eigenvalue weighted by Gasteiger charge is -2.19. The minimum atomic E-state index is -0.0976. The Morgan fingerprint density at radius 3 is 2.33 bits per heavy atom. The molecule has 3 aromatic carbocycles. The summed E-state index contributed by atoms with van der Waals surface area (Å²) in [6, 6.07) is 28.9. The summed E-state index contributed by atoms with van der Waals surface area (Å²) in [6.45, 7) is 2.38. The van der Waals surface area contributed by atoms with Gasteiger partial charge in [0.05, 0.1) is 11.8 Å². The Morgan fingerprint density at radius 2 is 1.60 bits per heavy atom. The van der Waals surface area contributed by atoms with Gasteiger partial charge in [0.1, 0.15) is 0 Å². The molecule has 4 aromatic rings. The number of benzene rings is 3. The molecule has 1 aromatic heterocycles. The highest BCUT2D eigenvalue weighted by molar-refractivity contribution is 6.03. The number of nitrogens with zero attached hydrogens (tertiary/aromatic N) is 3. The topological polar surface area (TPSA) is 37.6 Å². The van der Waals surface area contributed by atoms with E-state index < -0.39 is 0 Å². The van der Waals surface area contributed by atoms with Crippen LogP contribution >= 0.6 is 0 Å². The van der Waals surface area contributed by atoms with E-state index in [0.29, 0.717) is 6.42 Å². The highest BCUT2D eigenvalue weighted by atomic mass is 16.2. The number of hydrogen-bond donors (Lipinski definition) is 0. The summed E-state index contributed by atoms with van der Waals surface area (Å²) in [7, 11) is 0. The molecule has 0 bridgehead atoms. The first-order chi connectivity index (χ1) is 14.7. The Hall–Kier alpha value is -3.66.